The molecule has 0 saturated carbocycles. The van der Waals surface area contributed by atoms with E-state index in [9.17, 15) is 14.8 Å². The van der Waals surface area contributed by atoms with Crippen LogP contribution in [0.5, 0.6) is 6.01 Å². The van der Waals surface area contributed by atoms with E-state index in [4.69, 9.17) is 25.2 Å². The number of nitrogen functional groups attached to an aromatic ring is 1. The van der Waals surface area contributed by atoms with E-state index in [-0.39, 0.29) is 30.2 Å². The molecule has 3 saturated heterocycles. The number of rotatable bonds is 5. The summed E-state index contributed by atoms with van der Waals surface area (Å²) in [6.45, 7) is 6.35. The summed E-state index contributed by atoms with van der Waals surface area (Å²) in [6.07, 6.45) is 4.62. The van der Waals surface area contributed by atoms with Gasteiger partial charge in [-0.25, -0.2) is 4.39 Å². The number of anilines is 2. The molecule has 5 heterocycles. The topological polar surface area (TPSA) is 121 Å². The van der Waals surface area contributed by atoms with Crippen LogP contribution in [0.2, 0.25) is 0 Å². The van der Waals surface area contributed by atoms with Gasteiger partial charge in [0.05, 0.1) is 36.1 Å². The van der Waals surface area contributed by atoms with Crippen molar-refractivity contribution in [2.24, 2.45) is 0 Å². The van der Waals surface area contributed by atoms with E-state index < -0.39 is 11.8 Å². The van der Waals surface area contributed by atoms with Gasteiger partial charge in [0.15, 0.2) is 0 Å². The molecule has 0 amide bonds. The van der Waals surface area contributed by atoms with Crippen LogP contribution in [-0.2, 0) is 23.4 Å². The summed E-state index contributed by atoms with van der Waals surface area (Å²) in [5.41, 5.74) is 9.98. The molecule has 6 atom stereocenters. The zero-order valence-electron chi connectivity index (χ0n) is 23.9. The van der Waals surface area contributed by atoms with Crippen molar-refractivity contribution < 1.29 is 19.0 Å². The first-order valence-corrected chi connectivity index (χ1v) is 15.1. The second-order valence-electron chi connectivity index (χ2n) is 13.0. The number of nitrogens with zero attached hydrogens (tertiary/aromatic N) is 5. The van der Waals surface area contributed by atoms with Crippen molar-refractivity contribution in [3.63, 3.8) is 0 Å². The highest BCUT2D eigenvalue weighted by atomic mass is 19.1. The molecule has 7 rings (SSSR count). The minimum Gasteiger partial charge on any atom is -0.461 e. The van der Waals surface area contributed by atoms with Gasteiger partial charge in [0.1, 0.15) is 30.3 Å². The molecule has 0 bridgehead atoms. The number of aliphatic hydroxyl groups is 1. The highest BCUT2D eigenvalue weighted by Gasteiger charge is 2.50. The minimum atomic E-state index is -0.835. The molecule has 41 heavy (non-hydrogen) atoms. The standard InChI is InChI=1S/C31H39FN6O3/c1-18-6-8-31(27-22(18)4-5-25(34)23(27)13-33)12-26-24(16-41-31)28(38-19(2)10-21(38)15-39)36-29(35-26)40-17-30-7-3-9-37(30)14-20(32)11-30/h4-5,18-21,39H,3,6-12,14-17,34H2,1-2H3. The summed E-state index contributed by atoms with van der Waals surface area (Å²) in [5, 5.41) is 20.2. The minimum absolute atomic E-state index is 0.0278. The van der Waals surface area contributed by atoms with Crippen LogP contribution in [0, 0.1) is 11.3 Å². The summed E-state index contributed by atoms with van der Waals surface area (Å²) < 4.78 is 27.5. The monoisotopic (exact) mass is 562 g/mol. The Hall–Kier alpha value is -3.00. The Bertz CT molecular complexity index is 1420. The van der Waals surface area contributed by atoms with E-state index in [1.54, 1.807) is 0 Å². The Labute approximate surface area is 240 Å². The number of hydrogen-bond acceptors (Lipinski definition) is 9. The summed E-state index contributed by atoms with van der Waals surface area (Å²) in [4.78, 5) is 14.3. The highest BCUT2D eigenvalue weighted by Crippen LogP contribution is 2.51. The van der Waals surface area contributed by atoms with Crippen molar-refractivity contribution in [2.45, 2.75) is 101 Å². The van der Waals surface area contributed by atoms with Crippen LogP contribution >= 0.6 is 0 Å². The van der Waals surface area contributed by atoms with Crippen molar-refractivity contribution in [3.8, 4) is 12.1 Å². The maximum absolute atomic E-state index is 14.4. The number of aromatic nitrogens is 2. The van der Waals surface area contributed by atoms with Gasteiger partial charge < -0.3 is 25.2 Å². The van der Waals surface area contributed by atoms with Crippen molar-refractivity contribution in [1.82, 2.24) is 14.9 Å². The lowest BCUT2D eigenvalue weighted by atomic mass is 9.69. The quantitative estimate of drug-likeness (QED) is 0.526. The fourth-order valence-corrected chi connectivity index (χ4v) is 8.34. The fraction of sp³-hybridized carbons (Fsp3) is 0.645. The predicted octanol–water partition coefficient (Wildman–Crippen LogP) is 3.71. The Morgan fingerprint density at radius 1 is 1.29 bits per heavy atom. The first kappa shape index (κ1) is 26.9. The van der Waals surface area contributed by atoms with Crippen LogP contribution in [0.3, 0.4) is 0 Å². The normalized spacial score (nSPS) is 34.1. The zero-order chi connectivity index (χ0) is 28.5. The molecular weight excluding hydrogens is 523 g/mol. The lowest BCUT2D eigenvalue weighted by Crippen LogP contribution is -2.57. The first-order valence-electron chi connectivity index (χ1n) is 15.1. The molecule has 3 fully saturated rings. The molecule has 6 unspecified atom stereocenters. The molecule has 4 aliphatic heterocycles. The summed E-state index contributed by atoms with van der Waals surface area (Å²) in [6, 6.07) is 6.69. The van der Waals surface area contributed by atoms with Gasteiger partial charge in [-0.2, -0.15) is 15.2 Å². The van der Waals surface area contributed by atoms with Crippen LogP contribution in [0.4, 0.5) is 15.9 Å². The number of alkyl halides is 1. The largest absolute Gasteiger partial charge is 0.461 e. The third kappa shape index (κ3) is 4.11. The molecule has 1 aliphatic carbocycles. The number of aliphatic hydroxyl groups excluding tert-OH is 1. The SMILES string of the molecule is CC1CCC2(Cc3nc(OCC45CCCN4CC(F)C5)nc(N4C(C)CC4CO)c3CO2)c2c1ccc(N)c2C#N. The molecule has 10 heteroatoms. The van der Waals surface area contributed by atoms with E-state index in [0.29, 0.717) is 49.8 Å². The van der Waals surface area contributed by atoms with Crippen molar-refractivity contribution in [1.29, 1.82) is 5.26 Å². The Balaban J connectivity index is 1.29. The molecule has 0 radical (unpaired) electrons. The van der Waals surface area contributed by atoms with Gasteiger partial charge in [-0.3, -0.25) is 4.90 Å². The fourth-order valence-electron chi connectivity index (χ4n) is 8.34. The highest BCUT2D eigenvalue weighted by molar-refractivity contribution is 5.64. The van der Waals surface area contributed by atoms with Gasteiger partial charge >= 0.3 is 6.01 Å². The van der Waals surface area contributed by atoms with E-state index >= 15 is 0 Å². The average Bonchev–Trinajstić information content (AvgIpc) is 3.48. The summed E-state index contributed by atoms with van der Waals surface area (Å²) in [7, 11) is 0. The third-order valence-corrected chi connectivity index (χ3v) is 10.5. The predicted molar refractivity (Wildman–Crippen MR) is 151 cm³/mol. The number of hydrogen-bond donors (Lipinski definition) is 2. The molecular formula is C31H39FN6O3. The van der Waals surface area contributed by atoms with Gasteiger partial charge in [-0.1, -0.05) is 13.0 Å². The average molecular weight is 563 g/mol. The summed E-state index contributed by atoms with van der Waals surface area (Å²) in [5.74, 6) is 1.03. The third-order valence-electron chi connectivity index (χ3n) is 10.5. The lowest BCUT2D eigenvalue weighted by molar-refractivity contribution is -0.0874. The molecule has 1 aromatic heterocycles. The number of halogens is 1. The Morgan fingerprint density at radius 3 is 2.93 bits per heavy atom. The number of benzene rings is 1. The van der Waals surface area contributed by atoms with E-state index in [1.165, 1.54) is 0 Å². The van der Waals surface area contributed by atoms with Crippen LogP contribution in [0.25, 0.3) is 0 Å². The van der Waals surface area contributed by atoms with Gasteiger partial charge in [0.25, 0.3) is 0 Å². The Morgan fingerprint density at radius 2 is 2.15 bits per heavy atom. The van der Waals surface area contributed by atoms with Crippen LogP contribution in [0.1, 0.15) is 86.2 Å². The van der Waals surface area contributed by atoms with Crippen molar-refractivity contribution in [3.05, 3.63) is 40.1 Å². The van der Waals surface area contributed by atoms with Gasteiger partial charge in [0, 0.05) is 42.2 Å². The number of nitriles is 1. The first-order chi connectivity index (χ1) is 19.8. The van der Waals surface area contributed by atoms with Crippen molar-refractivity contribution >= 4 is 11.5 Å². The maximum Gasteiger partial charge on any atom is 0.318 e. The second kappa shape index (κ2) is 9.79. The maximum atomic E-state index is 14.4. The summed E-state index contributed by atoms with van der Waals surface area (Å²) >= 11 is 0. The molecule has 1 spiro atoms. The zero-order valence-corrected chi connectivity index (χ0v) is 23.9. The second-order valence-corrected chi connectivity index (χ2v) is 13.0. The van der Waals surface area contributed by atoms with Crippen LogP contribution in [-0.4, -0.2) is 70.1 Å². The van der Waals surface area contributed by atoms with Gasteiger partial charge in [-0.15, -0.1) is 0 Å². The smallest absolute Gasteiger partial charge is 0.318 e. The molecule has 3 N–H and O–H groups in total. The van der Waals surface area contributed by atoms with Crippen LogP contribution < -0.4 is 15.4 Å². The van der Waals surface area contributed by atoms with E-state index in [1.807, 2.05) is 12.1 Å². The van der Waals surface area contributed by atoms with Gasteiger partial charge in [-0.05, 0) is 63.1 Å². The molecule has 2 aromatic rings. The number of nitrogens with two attached hydrogens (primary N) is 1. The number of fused-ring (bicyclic) bond motifs is 4. The van der Waals surface area contributed by atoms with Crippen LogP contribution in [0.15, 0.2) is 12.1 Å². The Kier molecular flexibility index (Phi) is 6.41. The lowest BCUT2D eigenvalue weighted by Gasteiger charge is -2.49. The molecule has 1 aromatic carbocycles. The molecule has 218 valence electrons. The van der Waals surface area contributed by atoms with Gasteiger partial charge in [0.2, 0.25) is 0 Å². The van der Waals surface area contributed by atoms with Crippen molar-refractivity contribution in [2.75, 3.05) is 36.9 Å². The molecule has 9 nitrogen and oxygen atoms in total. The number of ether oxygens (including phenoxy) is 2. The molecule has 5 aliphatic rings. The van der Waals surface area contributed by atoms with E-state index in [0.717, 1.165) is 66.9 Å². The van der Waals surface area contributed by atoms with E-state index in [2.05, 4.69) is 29.7 Å².